The minimum absolute atomic E-state index is 0.114. The normalized spacial score (nSPS) is 11.9. The molecule has 1 heterocycles. The highest BCUT2D eigenvalue weighted by molar-refractivity contribution is 7.04. The van der Waals surface area contributed by atoms with Gasteiger partial charge in [-0.3, -0.25) is 24.2 Å². The number of aromatic nitrogens is 1. The van der Waals surface area contributed by atoms with E-state index >= 15 is 0 Å². The number of amides is 2. The molecule has 49 heavy (non-hydrogen) atoms. The van der Waals surface area contributed by atoms with Crippen LogP contribution in [0.3, 0.4) is 0 Å². The van der Waals surface area contributed by atoms with Crippen LogP contribution in [0.5, 0.6) is 23.0 Å². The first-order valence-corrected chi connectivity index (χ1v) is 15.8. The summed E-state index contributed by atoms with van der Waals surface area (Å²) in [5, 5.41) is 16.2. The van der Waals surface area contributed by atoms with Gasteiger partial charge in [-0.15, -0.1) is 0 Å². The minimum atomic E-state index is -1.24. The van der Waals surface area contributed by atoms with E-state index in [0.717, 1.165) is 5.56 Å². The zero-order chi connectivity index (χ0) is 36.1. The van der Waals surface area contributed by atoms with Crippen molar-refractivity contribution in [2.45, 2.75) is 44.2 Å². The van der Waals surface area contributed by atoms with E-state index < -0.39 is 42.1 Å². The summed E-state index contributed by atoms with van der Waals surface area (Å²) < 4.78 is 26.6. The number of benzene rings is 2. The molecular weight excluding hydrogens is 658 g/mol. The van der Waals surface area contributed by atoms with Gasteiger partial charge < -0.3 is 51.9 Å². The molecule has 0 radical (unpaired) electrons. The summed E-state index contributed by atoms with van der Waals surface area (Å²) in [7, 11) is 6.02. The Morgan fingerprint density at radius 3 is 2.20 bits per heavy atom. The molecule has 2 amide bonds. The molecule has 2 atom stereocenters. The van der Waals surface area contributed by atoms with Crippen molar-refractivity contribution in [1.82, 2.24) is 9.69 Å². The number of nitrogens with two attached hydrogens (primary N) is 3. The molecule has 0 bridgehead atoms. The smallest absolute Gasteiger partial charge is 0.305 e. The van der Waals surface area contributed by atoms with E-state index in [2.05, 4.69) is 20.0 Å². The third-order valence-corrected chi connectivity index (χ3v) is 7.91. The third-order valence-electron chi connectivity index (χ3n) is 7.28. The van der Waals surface area contributed by atoms with E-state index in [9.17, 15) is 19.2 Å². The number of anilines is 1. The molecule has 0 fully saturated rings. The van der Waals surface area contributed by atoms with Crippen LogP contribution in [0.1, 0.15) is 32.1 Å². The van der Waals surface area contributed by atoms with Crippen LogP contribution in [0.2, 0.25) is 0 Å². The summed E-state index contributed by atoms with van der Waals surface area (Å²) in [5.41, 5.74) is 19.6. The SMILES string of the molecule is COc1ccc(-c2csnc2-c2cc(OC)c(OC)c(OC)c2)cc1NC(=O)[C@H](CCCN=C(N)N)NC(=O)CCC(=O)[C@@H](N)CC(=O)O. The van der Waals surface area contributed by atoms with Crippen LogP contribution in [0.15, 0.2) is 40.7 Å². The van der Waals surface area contributed by atoms with Crippen LogP contribution in [0, 0.1) is 0 Å². The maximum atomic E-state index is 13.6. The average molecular weight is 700 g/mol. The fraction of sp³-hybridized carbons (Fsp3) is 0.375. The molecule has 264 valence electrons. The molecule has 2 aromatic carbocycles. The second kappa shape index (κ2) is 18.2. The molecular formula is C32H41N7O9S. The standard InChI is InChI=1S/C32H41N7O9S/c1-45-24-9-7-17(19-16-49-39-29(19)18-13-25(46-2)30(48-4)26(14-18)47-3)12-22(24)38-31(44)21(6-5-11-36-32(34)35)37-27(41)10-8-23(40)20(33)15-28(42)43/h7,9,12-14,16,20-21H,5-6,8,10-11,15,33H2,1-4H3,(H,37,41)(H,38,44)(H,42,43)(H4,34,35,36)/t20-,21-/m0/s1. The minimum Gasteiger partial charge on any atom is -0.495 e. The van der Waals surface area contributed by atoms with E-state index in [4.69, 9.17) is 41.3 Å². The Bertz CT molecular complexity index is 1650. The van der Waals surface area contributed by atoms with Gasteiger partial charge in [-0.25, -0.2) is 0 Å². The lowest BCUT2D eigenvalue weighted by molar-refractivity contribution is -0.139. The van der Waals surface area contributed by atoms with Crippen LogP contribution < -0.4 is 46.8 Å². The number of hydrogen-bond donors (Lipinski definition) is 6. The number of aliphatic carboxylic acids is 1. The molecule has 0 aliphatic carbocycles. The van der Waals surface area contributed by atoms with Gasteiger partial charge in [0.25, 0.3) is 0 Å². The Morgan fingerprint density at radius 1 is 0.939 bits per heavy atom. The number of ether oxygens (including phenoxy) is 4. The Kier molecular flexibility index (Phi) is 14.1. The summed E-state index contributed by atoms with van der Waals surface area (Å²) in [5.74, 6) is -1.37. The van der Waals surface area contributed by atoms with Gasteiger partial charge in [-0.05, 0) is 54.2 Å². The van der Waals surface area contributed by atoms with Crippen LogP contribution in [0.4, 0.5) is 5.69 Å². The van der Waals surface area contributed by atoms with E-state index in [0.29, 0.717) is 51.9 Å². The van der Waals surface area contributed by atoms with Gasteiger partial charge >= 0.3 is 5.97 Å². The van der Waals surface area contributed by atoms with Crippen LogP contribution in [-0.2, 0) is 19.2 Å². The number of rotatable bonds is 19. The van der Waals surface area contributed by atoms with Crippen molar-refractivity contribution < 1.29 is 43.2 Å². The summed E-state index contributed by atoms with van der Waals surface area (Å²) in [4.78, 5) is 53.4. The first-order chi connectivity index (χ1) is 23.4. The second-order valence-electron chi connectivity index (χ2n) is 10.6. The first-order valence-electron chi connectivity index (χ1n) is 15.0. The molecule has 16 nitrogen and oxygen atoms in total. The number of methoxy groups -OCH3 is 4. The van der Waals surface area contributed by atoms with Gasteiger partial charge in [0.05, 0.1) is 52.3 Å². The number of hydrogen-bond acceptors (Lipinski definition) is 12. The molecule has 0 unspecified atom stereocenters. The van der Waals surface area contributed by atoms with Gasteiger partial charge in [-0.1, -0.05) is 6.07 Å². The summed E-state index contributed by atoms with van der Waals surface area (Å²) in [6.45, 7) is 0.207. The van der Waals surface area contributed by atoms with Gasteiger partial charge in [0, 0.05) is 35.9 Å². The van der Waals surface area contributed by atoms with Gasteiger partial charge in [-0.2, -0.15) is 4.37 Å². The molecule has 3 aromatic rings. The maximum Gasteiger partial charge on any atom is 0.305 e. The number of nitrogens with zero attached hydrogens (tertiary/aromatic N) is 2. The van der Waals surface area contributed by atoms with E-state index in [1.807, 2.05) is 11.4 Å². The molecule has 0 spiro atoms. The van der Waals surface area contributed by atoms with Crippen molar-refractivity contribution >= 4 is 46.7 Å². The highest BCUT2D eigenvalue weighted by Gasteiger charge is 2.25. The van der Waals surface area contributed by atoms with Crippen molar-refractivity contribution in [2.24, 2.45) is 22.2 Å². The molecule has 9 N–H and O–H groups in total. The zero-order valence-electron chi connectivity index (χ0n) is 27.6. The number of carbonyl (C=O) groups is 4. The number of carboxylic acid groups (broad SMARTS) is 1. The fourth-order valence-electron chi connectivity index (χ4n) is 4.82. The lowest BCUT2D eigenvalue weighted by Gasteiger charge is -2.20. The lowest BCUT2D eigenvalue weighted by Crippen LogP contribution is -2.44. The topological polar surface area (TPSA) is 253 Å². The summed E-state index contributed by atoms with van der Waals surface area (Å²) in [6.07, 6.45) is -0.640. The third kappa shape index (κ3) is 10.5. The highest BCUT2D eigenvalue weighted by atomic mass is 32.1. The van der Waals surface area contributed by atoms with Crippen LogP contribution in [-0.4, -0.2) is 86.1 Å². The Morgan fingerprint density at radius 2 is 1.61 bits per heavy atom. The Hall–Kier alpha value is -5.42. The van der Waals surface area contributed by atoms with Crippen molar-refractivity contribution in [3.8, 4) is 45.4 Å². The second-order valence-corrected chi connectivity index (χ2v) is 11.3. The van der Waals surface area contributed by atoms with Gasteiger partial charge in [0.2, 0.25) is 17.6 Å². The zero-order valence-corrected chi connectivity index (χ0v) is 28.4. The summed E-state index contributed by atoms with van der Waals surface area (Å²) in [6, 6.07) is 6.53. The van der Waals surface area contributed by atoms with Gasteiger partial charge in [0.1, 0.15) is 11.8 Å². The molecule has 0 aliphatic heterocycles. The maximum absolute atomic E-state index is 13.6. The Labute approximate surface area is 287 Å². The first kappa shape index (κ1) is 38.0. The average Bonchev–Trinajstić information content (AvgIpc) is 3.57. The van der Waals surface area contributed by atoms with Crippen molar-refractivity contribution in [3.05, 3.63) is 35.7 Å². The van der Waals surface area contributed by atoms with Crippen LogP contribution >= 0.6 is 11.5 Å². The van der Waals surface area contributed by atoms with Crippen LogP contribution in [0.25, 0.3) is 22.4 Å². The Balaban J connectivity index is 1.88. The number of nitrogens with one attached hydrogen (secondary N) is 2. The predicted octanol–water partition coefficient (Wildman–Crippen LogP) is 2.14. The number of ketones is 1. The quantitative estimate of drug-likeness (QED) is 0.0597. The molecule has 0 saturated heterocycles. The number of aliphatic imine (C=N–C) groups is 1. The predicted molar refractivity (Wildman–Crippen MR) is 184 cm³/mol. The molecule has 0 aliphatic rings. The summed E-state index contributed by atoms with van der Waals surface area (Å²) >= 11 is 1.24. The number of Topliss-reactive ketones (excluding diaryl/α,β-unsaturated/α-hetero) is 1. The van der Waals surface area contributed by atoms with Crippen molar-refractivity contribution in [2.75, 3.05) is 40.3 Å². The number of carboxylic acids is 1. The number of guanidine groups is 1. The molecule has 17 heteroatoms. The van der Waals surface area contributed by atoms with E-state index in [1.54, 1.807) is 24.3 Å². The molecule has 0 saturated carbocycles. The lowest BCUT2D eigenvalue weighted by atomic mass is 10.00. The van der Waals surface area contributed by atoms with Crippen molar-refractivity contribution in [3.63, 3.8) is 0 Å². The largest absolute Gasteiger partial charge is 0.495 e. The molecule has 1 aromatic heterocycles. The van der Waals surface area contributed by atoms with Crippen molar-refractivity contribution in [1.29, 1.82) is 0 Å². The van der Waals surface area contributed by atoms with E-state index in [-0.39, 0.29) is 31.8 Å². The fourth-order valence-corrected chi connectivity index (χ4v) is 5.54. The monoisotopic (exact) mass is 699 g/mol. The van der Waals surface area contributed by atoms with Gasteiger partial charge in [0.15, 0.2) is 23.2 Å². The highest BCUT2D eigenvalue weighted by Crippen LogP contribution is 2.44. The number of carbonyl (C=O) groups excluding carboxylic acids is 3. The van der Waals surface area contributed by atoms with E-state index in [1.165, 1.54) is 40.0 Å². The molecule has 3 rings (SSSR count).